The third-order valence-corrected chi connectivity index (χ3v) is 1.47. The maximum Gasteiger partial charge on any atom is 0.136 e. The second kappa shape index (κ2) is 4.83. The number of Topliss-reactive ketones (excluding diaryl/α,β-unsaturated/α-hetero) is 1. The summed E-state index contributed by atoms with van der Waals surface area (Å²) in [6.07, 6.45) is 3.49. The Hall–Kier alpha value is -0.920. The van der Waals surface area contributed by atoms with Gasteiger partial charge in [0.05, 0.1) is 0 Å². The first-order valence-electron chi connectivity index (χ1n) is 3.61. The molecule has 0 radical (unpaired) electrons. The number of carbonyl (C=O) groups excluding carboxylic acids is 1. The first-order valence-corrected chi connectivity index (χ1v) is 3.61. The number of ketones is 1. The number of halogens is 1. The van der Waals surface area contributed by atoms with E-state index >= 15 is 0 Å². The normalized spacial score (nSPS) is 13.4. The van der Waals surface area contributed by atoms with Crippen molar-refractivity contribution in [2.24, 2.45) is 5.92 Å². The number of hydrogen-bond donors (Lipinski definition) is 0. The lowest BCUT2D eigenvalue weighted by atomic mass is 10.0. The molecule has 0 fully saturated rings. The summed E-state index contributed by atoms with van der Waals surface area (Å²) in [5.41, 5.74) is 0. The van der Waals surface area contributed by atoms with Crippen LogP contribution in [0.4, 0.5) is 4.39 Å². The molecule has 0 saturated carbocycles. The van der Waals surface area contributed by atoms with E-state index in [0.29, 0.717) is 6.42 Å². The second-order valence-corrected chi connectivity index (χ2v) is 2.43. The van der Waals surface area contributed by atoms with E-state index in [9.17, 15) is 9.18 Å². The number of carbonyl (C=O) groups is 1. The van der Waals surface area contributed by atoms with Gasteiger partial charge in [0.15, 0.2) is 0 Å². The Morgan fingerprint density at radius 1 is 1.73 bits per heavy atom. The lowest BCUT2D eigenvalue weighted by molar-refractivity contribution is -0.119. The molecule has 11 heavy (non-hydrogen) atoms. The average molecular weight is 156 g/mol. The van der Waals surface area contributed by atoms with Crippen LogP contribution in [-0.4, -0.2) is 5.78 Å². The van der Waals surface area contributed by atoms with Crippen molar-refractivity contribution in [3.8, 4) is 0 Å². The van der Waals surface area contributed by atoms with Crippen LogP contribution >= 0.6 is 0 Å². The Kier molecular flexibility index (Phi) is 4.42. The zero-order chi connectivity index (χ0) is 8.85. The van der Waals surface area contributed by atoms with Crippen LogP contribution in [0.2, 0.25) is 0 Å². The van der Waals surface area contributed by atoms with E-state index < -0.39 is 5.83 Å². The van der Waals surface area contributed by atoms with Gasteiger partial charge in [-0.15, -0.1) is 0 Å². The van der Waals surface area contributed by atoms with Crippen molar-refractivity contribution in [1.82, 2.24) is 0 Å². The molecule has 62 valence electrons. The van der Waals surface area contributed by atoms with Crippen molar-refractivity contribution in [1.29, 1.82) is 0 Å². The summed E-state index contributed by atoms with van der Waals surface area (Å²) in [4.78, 5) is 10.8. The lowest BCUT2D eigenvalue weighted by Crippen LogP contribution is -2.05. The summed E-state index contributed by atoms with van der Waals surface area (Å²) in [6.45, 7) is 6.44. The summed E-state index contributed by atoms with van der Waals surface area (Å²) in [6, 6.07) is 0. The van der Waals surface area contributed by atoms with Gasteiger partial charge in [-0.05, 0) is 19.4 Å². The minimum Gasteiger partial charge on any atom is -0.299 e. The highest BCUT2D eigenvalue weighted by Crippen LogP contribution is 2.07. The molecule has 1 nitrogen and oxygen atoms in total. The predicted octanol–water partition coefficient (Wildman–Crippen LogP) is 2.64. The zero-order valence-electron chi connectivity index (χ0n) is 6.93. The topological polar surface area (TPSA) is 17.1 Å². The molecule has 0 rings (SSSR count). The molecular weight excluding hydrogens is 143 g/mol. The molecule has 0 aromatic carbocycles. The van der Waals surface area contributed by atoms with Crippen molar-refractivity contribution in [3.63, 3.8) is 0 Å². The average Bonchev–Trinajstić information content (AvgIpc) is 1.87. The van der Waals surface area contributed by atoms with Crippen molar-refractivity contribution >= 4 is 5.78 Å². The molecule has 0 bridgehead atoms. The Morgan fingerprint density at radius 2 is 2.27 bits per heavy atom. The van der Waals surface area contributed by atoms with Crippen LogP contribution in [0.5, 0.6) is 0 Å². The second-order valence-electron chi connectivity index (χ2n) is 2.43. The quantitative estimate of drug-likeness (QED) is 0.572. The molecule has 0 spiro atoms. The van der Waals surface area contributed by atoms with Crippen molar-refractivity contribution < 1.29 is 9.18 Å². The number of rotatable bonds is 4. The van der Waals surface area contributed by atoms with Crippen LogP contribution in [-0.2, 0) is 4.79 Å². The van der Waals surface area contributed by atoms with Crippen LogP contribution in [0.3, 0.4) is 0 Å². The van der Waals surface area contributed by atoms with E-state index in [2.05, 4.69) is 6.58 Å². The van der Waals surface area contributed by atoms with Crippen molar-refractivity contribution in [2.45, 2.75) is 20.3 Å². The number of hydrogen-bond acceptors (Lipinski definition) is 1. The molecule has 1 atom stereocenters. The molecule has 0 heterocycles. The van der Waals surface area contributed by atoms with Gasteiger partial charge in [0.25, 0.3) is 0 Å². The van der Waals surface area contributed by atoms with E-state index in [0.717, 1.165) is 0 Å². The van der Waals surface area contributed by atoms with Crippen LogP contribution < -0.4 is 0 Å². The molecular formula is C9H13FO. The van der Waals surface area contributed by atoms with Crippen LogP contribution in [0.15, 0.2) is 24.6 Å². The van der Waals surface area contributed by atoms with E-state index in [1.54, 1.807) is 6.08 Å². The van der Waals surface area contributed by atoms with Crippen LogP contribution in [0.25, 0.3) is 0 Å². The van der Waals surface area contributed by atoms with Gasteiger partial charge < -0.3 is 0 Å². The first kappa shape index (κ1) is 10.1. The van der Waals surface area contributed by atoms with Crippen LogP contribution in [0, 0.1) is 5.92 Å². The minimum absolute atomic E-state index is 0.0602. The SMILES string of the molecule is C=C(F)/C=C\C(CC)C(C)=O. The van der Waals surface area contributed by atoms with Crippen molar-refractivity contribution in [3.05, 3.63) is 24.6 Å². The standard InChI is InChI=1S/C9H13FO/c1-4-9(8(3)11)6-5-7(2)10/h5-6,9H,2,4H2,1,3H3/b6-5-. The lowest BCUT2D eigenvalue weighted by Gasteiger charge is -2.02. The third kappa shape index (κ3) is 4.48. The Bertz CT molecular complexity index is 182. The largest absolute Gasteiger partial charge is 0.299 e. The summed E-state index contributed by atoms with van der Waals surface area (Å²) in [7, 11) is 0. The minimum atomic E-state index is -0.510. The summed E-state index contributed by atoms with van der Waals surface area (Å²) in [5, 5.41) is 0. The van der Waals surface area contributed by atoms with Gasteiger partial charge in [0, 0.05) is 5.92 Å². The molecule has 0 aliphatic rings. The van der Waals surface area contributed by atoms with Gasteiger partial charge in [-0.1, -0.05) is 19.6 Å². The highest BCUT2D eigenvalue weighted by molar-refractivity contribution is 5.80. The molecule has 0 aliphatic carbocycles. The first-order chi connectivity index (χ1) is 5.07. The Labute approximate surface area is 66.6 Å². The van der Waals surface area contributed by atoms with Crippen molar-refractivity contribution in [2.75, 3.05) is 0 Å². The number of allylic oxidation sites excluding steroid dienone is 3. The summed E-state index contributed by atoms with van der Waals surface area (Å²) in [5.74, 6) is -0.614. The Balaban J connectivity index is 4.08. The maximum absolute atomic E-state index is 12.1. The highest BCUT2D eigenvalue weighted by Gasteiger charge is 2.06. The fraction of sp³-hybridized carbons (Fsp3) is 0.444. The smallest absolute Gasteiger partial charge is 0.136 e. The highest BCUT2D eigenvalue weighted by atomic mass is 19.1. The molecule has 2 heteroatoms. The van der Waals surface area contributed by atoms with Gasteiger partial charge in [0.2, 0.25) is 0 Å². The fourth-order valence-corrected chi connectivity index (χ4v) is 0.780. The molecule has 0 aromatic heterocycles. The van der Waals surface area contributed by atoms with Gasteiger partial charge in [-0.25, -0.2) is 4.39 Å². The zero-order valence-corrected chi connectivity index (χ0v) is 6.93. The van der Waals surface area contributed by atoms with Gasteiger partial charge in [-0.3, -0.25) is 4.79 Å². The van der Waals surface area contributed by atoms with E-state index in [-0.39, 0.29) is 11.7 Å². The van der Waals surface area contributed by atoms with E-state index in [1.165, 1.54) is 13.0 Å². The van der Waals surface area contributed by atoms with E-state index in [4.69, 9.17) is 0 Å². The molecule has 0 aliphatic heterocycles. The predicted molar refractivity (Wildman–Crippen MR) is 43.9 cm³/mol. The maximum atomic E-state index is 12.1. The third-order valence-electron chi connectivity index (χ3n) is 1.47. The monoisotopic (exact) mass is 156 g/mol. The molecule has 0 N–H and O–H groups in total. The van der Waals surface area contributed by atoms with E-state index in [1.807, 2.05) is 6.92 Å². The Morgan fingerprint density at radius 3 is 2.55 bits per heavy atom. The van der Waals surface area contributed by atoms with Gasteiger partial charge in [0.1, 0.15) is 11.6 Å². The molecule has 1 unspecified atom stereocenters. The summed E-state index contributed by atoms with van der Waals surface area (Å²) >= 11 is 0. The molecule has 0 aromatic rings. The molecule has 0 amide bonds. The fourth-order valence-electron chi connectivity index (χ4n) is 0.780. The van der Waals surface area contributed by atoms with Gasteiger partial charge >= 0.3 is 0 Å². The molecule has 0 saturated heterocycles. The van der Waals surface area contributed by atoms with Gasteiger partial charge in [-0.2, -0.15) is 0 Å². The summed E-state index contributed by atoms with van der Waals surface area (Å²) < 4.78 is 12.1. The van der Waals surface area contributed by atoms with Crippen LogP contribution in [0.1, 0.15) is 20.3 Å².